The van der Waals surface area contributed by atoms with Crippen molar-refractivity contribution in [3.05, 3.63) is 47.9 Å². The summed E-state index contributed by atoms with van der Waals surface area (Å²) in [6, 6.07) is 6.50. The summed E-state index contributed by atoms with van der Waals surface area (Å²) in [4.78, 5) is 19.8. The Hall–Kier alpha value is -2.32. The maximum Gasteiger partial charge on any atom is 0.335 e. The summed E-state index contributed by atoms with van der Waals surface area (Å²) >= 11 is 0. The van der Waals surface area contributed by atoms with Gasteiger partial charge in [-0.1, -0.05) is 12.1 Å². The monoisotopic (exact) mass is 375 g/mol. The van der Waals surface area contributed by atoms with E-state index in [2.05, 4.69) is 9.97 Å². The molecule has 26 heavy (non-hydrogen) atoms. The number of nitrogens with zero attached hydrogens (tertiary/aromatic N) is 3. The molecule has 1 atom stereocenters. The number of hydrogen-bond donors (Lipinski definition) is 1. The zero-order valence-electron chi connectivity index (χ0n) is 14.5. The first-order valence-electron chi connectivity index (χ1n) is 8.42. The number of aromatic carboxylic acids is 1. The standard InChI is InChI=1S/C18H21N3O4S/c1-26(24,25)21-8-2-3-13(12-21)9-16-10-19-11-17(20-16)14-4-6-15(7-5-14)18(22)23/h4-7,10-11,13H,2-3,8-9,12H2,1H3,(H,22,23)/t13-/m0/s1. The maximum absolute atomic E-state index is 11.8. The number of benzene rings is 1. The molecule has 0 bridgehead atoms. The summed E-state index contributed by atoms with van der Waals surface area (Å²) < 4.78 is 25.0. The molecule has 2 heterocycles. The molecule has 8 heteroatoms. The Morgan fingerprint density at radius 1 is 1.27 bits per heavy atom. The Morgan fingerprint density at radius 2 is 2.00 bits per heavy atom. The van der Waals surface area contributed by atoms with Gasteiger partial charge in [0.25, 0.3) is 0 Å². The van der Waals surface area contributed by atoms with E-state index in [0.29, 0.717) is 25.2 Å². The van der Waals surface area contributed by atoms with Crippen LogP contribution in [0.2, 0.25) is 0 Å². The molecule has 0 unspecified atom stereocenters. The molecule has 0 amide bonds. The fourth-order valence-electron chi connectivity index (χ4n) is 3.22. The van der Waals surface area contributed by atoms with Gasteiger partial charge < -0.3 is 5.11 Å². The zero-order chi connectivity index (χ0) is 18.7. The van der Waals surface area contributed by atoms with Crippen molar-refractivity contribution in [1.29, 1.82) is 0 Å². The van der Waals surface area contributed by atoms with Gasteiger partial charge in [-0.15, -0.1) is 0 Å². The third-order valence-corrected chi connectivity index (χ3v) is 5.83. The summed E-state index contributed by atoms with van der Waals surface area (Å²) in [5.74, 6) is -0.749. The third kappa shape index (κ3) is 4.44. The van der Waals surface area contributed by atoms with Crippen LogP contribution in [0.15, 0.2) is 36.7 Å². The number of aromatic nitrogens is 2. The fourth-order valence-corrected chi connectivity index (χ4v) is 4.16. The van der Waals surface area contributed by atoms with E-state index in [-0.39, 0.29) is 11.5 Å². The molecule has 3 rings (SSSR count). The summed E-state index contributed by atoms with van der Waals surface area (Å²) in [7, 11) is -3.16. The van der Waals surface area contributed by atoms with Crippen molar-refractivity contribution in [2.24, 2.45) is 5.92 Å². The molecule has 1 saturated heterocycles. The zero-order valence-corrected chi connectivity index (χ0v) is 15.3. The van der Waals surface area contributed by atoms with E-state index in [4.69, 9.17) is 5.11 Å². The predicted octanol–water partition coefficient (Wildman–Crippen LogP) is 2.06. The summed E-state index contributed by atoms with van der Waals surface area (Å²) in [6.07, 6.45) is 7.07. The van der Waals surface area contributed by atoms with Gasteiger partial charge in [0.2, 0.25) is 10.0 Å². The van der Waals surface area contributed by atoms with Crippen LogP contribution in [-0.2, 0) is 16.4 Å². The average Bonchev–Trinajstić information content (AvgIpc) is 2.61. The van der Waals surface area contributed by atoms with Gasteiger partial charge in [0.1, 0.15) is 0 Å². The lowest BCUT2D eigenvalue weighted by atomic mass is 9.95. The molecular formula is C18H21N3O4S. The largest absolute Gasteiger partial charge is 0.478 e. The van der Waals surface area contributed by atoms with Crippen molar-refractivity contribution in [3.63, 3.8) is 0 Å². The summed E-state index contributed by atoms with van der Waals surface area (Å²) in [5, 5.41) is 8.98. The quantitative estimate of drug-likeness (QED) is 0.858. The molecule has 0 aliphatic carbocycles. The van der Waals surface area contributed by atoms with E-state index in [1.54, 1.807) is 24.5 Å². The van der Waals surface area contributed by atoms with Crippen molar-refractivity contribution in [1.82, 2.24) is 14.3 Å². The molecule has 1 fully saturated rings. The van der Waals surface area contributed by atoms with E-state index in [1.165, 1.54) is 22.7 Å². The van der Waals surface area contributed by atoms with Crippen molar-refractivity contribution >= 4 is 16.0 Å². The third-order valence-electron chi connectivity index (χ3n) is 4.56. The van der Waals surface area contributed by atoms with Crippen molar-refractivity contribution in [3.8, 4) is 11.3 Å². The van der Waals surface area contributed by atoms with Crippen LogP contribution in [0.25, 0.3) is 11.3 Å². The van der Waals surface area contributed by atoms with Gasteiger partial charge in [-0.2, -0.15) is 0 Å². The number of carbonyl (C=O) groups is 1. The van der Waals surface area contributed by atoms with Gasteiger partial charge in [-0.3, -0.25) is 4.98 Å². The highest BCUT2D eigenvalue weighted by Gasteiger charge is 2.26. The summed E-state index contributed by atoms with van der Waals surface area (Å²) in [6.45, 7) is 1.09. The second-order valence-corrected chi connectivity index (χ2v) is 8.59. The molecule has 2 aromatic rings. The molecule has 1 aromatic heterocycles. The second kappa shape index (κ2) is 7.51. The molecule has 1 aliphatic rings. The molecular weight excluding hydrogens is 354 g/mol. The van der Waals surface area contributed by atoms with Crippen LogP contribution in [-0.4, -0.2) is 53.1 Å². The highest BCUT2D eigenvalue weighted by atomic mass is 32.2. The smallest absolute Gasteiger partial charge is 0.335 e. The topological polar surface area (TPSA) is 100 Å². The lowest BCUT2D eigenvalue weighted by molar-refractivity contribution is 0.0697. The molecule has 1 N–H and O–H groups in total. The SMILES string of the molecule is CS(=O)(=O)N1CCC[C@@H](Cc2cncc(-c3ccc(C(=O)O)cc3)n2)C1. The van der Waals surface area contributed by atoms with E-state index in [1.807, 2.05) is 0 Å². The van der Waals surface area contributed by atoms with Crippen LogP contribution in [0.5, 0.6) is 0 Å². The van der Waals surface area contributed by atoms with E-state index >= 15 is 0 Å². The minimum atomic E-state index is -3.16. The number of piperidine rings is 1. The Kier molecular flexibility index (Phi) is 5.33. The van der Waals surface area contributed by atoms with E-state index < -0.39 is 16.0 Å². The Labute approximate surface area is 152 Å². The van der Waals surface area contributed by atoms with Gasteiger partial charge in [0, 0.05) is 24.8 Å². The summed E-state index contributed by atoms with van der Waals surface area (Å²) in [5.41, 5.74) is 2.51. The highest BCUT2D eigenvalue weighted by molar-refractivity contribution is 7.88. The van der Waals surface area contributed by atoms with Crippen molar-refractivity contribution in [2.45, 2.75) is 19.3 Å². The first kappa shape index (κ1) is 18.5. The second-order valence-electron chi connectivity index (χ2n) is 6.61. The molecule has 0 saturated carbocycles. The lowest BCUT2D eigenvalue weighted by Crippen LogP contribution is -2.39. The molecule has 1 aliphatic heterocycles. The van der Waals surface area contributed by atoms with Crippen molar-refractivity contribution in [2.75, 3.05) is 19.3 Å². The molecule has 0 radical (unpaired) electrons. The predicted molar refractivity (Wildman–Crippen MR) is 97.3 cm³/mol. The van der Waals surface area contributed by atoms with Gasteiger partial charge >= 0.3 is 5.97 Å². The Morgan fingerprint density at radius 3 is 2.65 bits per heavy atom. The van der Waals surface area contributed by atoms with E-state index in [9.17, 15) is 13.2 Å². The van der Waals surface area contributed by atoms with Gasteiger partial charge in [0.05, 0.1) is 29.4 Å². The van der Waals surface area contributed by atoms with Crippen LogP contribution in [0, 0.1) is 5.92 Å². The molecule has 138 valence electrons. The van der Waals surface area contributed by atoms with Gasteiger partial charge in [-0.25, -0.2) is 22.5 Å². The molecule has 0 spiro atoms. The first-order valence-corrected chi connectivity index (χ1v) is 10.3. The van der Waals surface area contributed by atoms with Gasteiger partial charge in [-0.05, 0) is 37.3 Å². The van der Waals surface area contributed by atoms with Crippen LogP contribution < -0.4 is 0 Å². The first-order chi connectivity index (χ1) is 12.3. The molecule has 7 nitrogen and oxygen atoms in total. The normalized spacial score (nSPS) is 18.6. The van der Waals surface area contributed by atoms with Gasteiger partial charge in [0.15, 0.2) is 0 Å². The van der Waals surface area contributed by atoms with Crippen LogP contribution in [0.1, 0.15) is 28.9 Å². The number of carboxylic acids is 1. The Bertz CT molecular complexity index is 897. The van der Waals surface area contributed by atoms with E-state index in [0.717, 1.165) is 24.1 Å². The molecule has 1 aromatic carbocycles. The minimum Gasteiger partial charge on any atom is -0.478 e. The van der Waals surface area contributed by atoms with Crippen LogP contribution in [0.3, 0.4) is 0 Å². The minimum absolute atomic E-state index is 0.220. The Balaban J connectivity index is 1.74. The number of carboxylic acid groups (broad SMARTS) is 1. The lowest BCUT2D eigenvalue weighted by Gasteiger charge is -2.30. The number of sulfonamides is 1. The number of hydrogen-bond acceptors (Lipinski definition) is 5. The highest BCUT2D eigenvalue weighted by Crippen LogP contribution is 2.23. The van der Waals surface area contributed by atoms with Crippen LogP contribution >= 0.6 is 0 Å². The number of rotatable bonds is 5. The average molecular weight is 375 g/mol. The maximum atomic E-state index is 11.8. The van der Waals surface area contributed by atoms with Crippen LogP contribution in [0.4, 0.5) is 0 Å². The van der Waals surface area contributed by atoms with Crippen molar-refractivity contribution < 1.29 is 18.3 Å². The fraction of sp³-hybridized carbons (Fsp3) is 0.389.